The van der Waals surface area contributed by atoms with E-state index >= 15 is 0 Å². The van der Waals surface area contributed by atoms with Crippen LogP contribution in [0.5, 0.6) is 0 Å². The fraction of sp³-hybridized carbons (Fsp3) is 0.333. The van der Waals surface area contributed by atoms with Crippen LogP contribution >= 0.6 is 33.9 Å². The molecule has 3 heteroatoms. The topological polar surface area (TPSA) is 12.0 Å². The first-order valence-corrected chi connectivity index (χ1v) is 8.04. The minimum Gasteiger partial charge on any atom is -0.312 e. The number of rotatable bonds is 4. The first kappa shape index (κ1) is 14.0. The van der Waals surface area contributed by atoms with E-state index in [1.54, 1.807) is 0 Å². The molecule has 0 spiro atoms. The first-order chi connectivity index (χ1) is 8.61. The van der Waals surface area contributed by atoms with Crippen molar-refractivity contribution in [1.29, 1.82) is 0 Å². The van der Waals surface area contributed by atoms with E-state index in [-0.39, 0.29) is 0 Å². The fourth-order valence-electron chi connectivity index (χ4n) is 2.12. The van der Waals surface area contributed by atoms with Crippen molar-refractivity contribution in [2.75, 3.05) is 7.05 Å². The molecule has 0 fully saturated rings. The van der Waals surface area contributed by atoms with Gasteiger partial charge < -0.3 is 5.32 Å². The lowest BCUT2D eigenvalue weighted by Gasteiger charge is -2.18. The molecule has 1 nitrogen and oxygen atoms in total. The zero-order valence-electron chi connectivity index (χ0n) is 10.9. The quantitative estimate of drug-likeness (QED) is 0.751. The lowest BCUT2D eigenvalue weighted by molar-refractivity contribution is 0.449. The predicted octanol–water partition coefficient (Wildman–Crippen LogP) is 4.94. The summed E-state index contributed by atoms with van der Waals surface area (Å²) >= 11 is 4.25. The number of halogens is 1. The van der Waals surface area contributed by atoms with Crippen LogP contribution in [0.4, 0.5) is 0 Å². The maximum atomic E-state index is 3.40. The van der Waals surface area contributed by atoms with Gasteiger partial charge in [-0.25, -0.2) is 0 Å². The largest absolute Gasteiger partial charge is 0.312 e. The van der Waals surface area contributed by atoms with Crippen LogP contribution in [-0.4, -0.2) is 7.05 Å². The van der Waals surface area contributed by atoms with Crippen molar-refractivity contribution in [1.82, 2.24) is 5.32 Å². The average Bonchev–Trinajstić information content (AvgIpc) is 2.79. The Hall–Kier alpha value is -0.390. The van der Waals surface area contributed by atoms with Crippen molar-refractivity contribution in [3.05, 3.63) is 44.8 Å². The number of nitrogens with one attached hydrogen (secondary N) is 1. The smallest absolute Gasteiger partial charge is 0.0435 e. The van der Waals surface area contributed by atoms with E-state index in [2.05, 4.69) is 78.2 Å². The summed E-state index contributed by atoms with van der Waals surface area (Å²) < 4.78 is 1.29. The lowest BCUT2D eigenvalue weighted by Crippen LogP contribution is -2.20. The van der Waals surface area contributed by atoms with Gasteiger partial charge in [0.1, 0.15) is 0 Å². The van der Waals surface area contributed by atoms with E-state index in [9.17, 15) is 0 Å². The van der Waals surface area contributed by atoms with Gasteiger partial charge in [0.25, 0.3) is 0 Å². The molecule has 0 radical (unpaired) electrons. The van der Waals surface area contributed by atoms with E-state index in [1.165, 1.54) is 18.9 Å². The van der Waals surface area contributed by atoms with Crippen molar-refractivity contribution >= 4 is 33.9 Å². The molecule has 2 rings (SSSR count). The molecule has 0 aliphatic carbocycles. The van der Waals surface area contributed by atoms with Crippen molar-refractivity contribution in [3.8, 4) is 10.4 Å². The number of hydrogen-bond acceptors (Lipinski definition) is 2. The molecular formula is C15H18INS. The van der Waals surface area contributed by atoms with Crippen LogP contribution in [-0.2, 0) is 0 Å². The summed E-state index contributed by atoms with van der Waals surface area (Å²) in [5.41, 5.74) is 1.32. The second-order valence-electron chi connectivity index (χ2n) is 4.72. The Balaban J connectivity index is 2.30. The molecular weight excluding hydrogens is 353 g/mol. The molecule has 0 aliphatic heterocycles. The summed E-state index contributed by atoms with van der Waals surface area (Å²) in [7, 11) is 2.04. The standard InChI is InChI=1S/C15H18INS/c1-10(2)15(17-3)14-8-7-13(18-14)11-5-4-6-12(16)9-11/h4-10,15,17H,1-3H3. The summed E-state index contributed by atoms with van der Waals surface area (Å²) in [4.78, 5) is 2.77. The van der Waals surface area contributed by atoms with Crippen LogP contribution in [0.25, 0.3) is 10.4 Å². The molecule has 0 saturated heterocycles. The van der Waals surface area contributed by atoms with E-state index in [0.717, 1.165) is 0 Å². The normalized spacial score (nSPS) is 12.9. The van der Waals surface area contributed by atoms with Crippen LogP contribution in [0, 0.1) is 9.49 Å². The number of benzene rings is 1. The van der Waals surface area contributed by atoms with E-state index in [4.69, 9.17) is 0 Å². The van der Waals surface area contributed by atoms with Crippen molar-refractivity contribution in [2.45, 2.75) is 19.9 Å². The third-order valence-corrected chi connectivity index (χ3v) is 4.91. The molecule has 1 aromatic heterocycles. The zero-order chi connectivity index (χ0) is 13.1. The van der Waals surface area contributed by atoms with Crippen molar-refractivity contribution in [3.63, 3.8) is 0 Å². The minimum absolute atomic E-state index is 0.450. The Morgan fingerprint density at radius 3 is 2.56 bits per heavy atom. The maximum Gasteiger partial charge on any atom is 0.0435 e. The molecule has 0 aliphatic rings. The molecule has 18 heavy (non-hydrogen) atoms. The highest BCUT2D eigenvalue weighted by molar-refractivity contribution is 14.1. The molecule has 96 valence electrons. The third kappa shape index (κ3) is 3.13. The van der Waals surface area contributed by atoms with E-state index in [0.29, 0.717) is 12.0 Å². The van der Waals surface area contributed by atoms with Gasteiger partial charge >= 0.3 is 0 Å². The summed E-state index contributed by atoms with van der Waals surface area (Å²) in [6.45, 7) is 4.51. The second-order valence-corrected chi connectivity index (χ2v) is 7.08. The maximum absolute atomic E-state index is 3.40. The average molecular weight is 371 g/mol. The zero-order valence-corrected chi connectivity index (χ0v) is 13.9. The highest BCUT2D eigenvalue weighted by Gasteiger charge is 2.15. The highest BCUT2D eigenvalue weighted by Crippen LogP contribution is 2.34. The summed E-state index contributed by atoms with van der Waals surface area (Å²) in [6.07, 6.45) is 0. The molecule has 1 aromatic carbocycles. The van der Waals surface area contributed by atoms with Crippen LogP contribution < -0.4 is 5.32 Å². The Kier molecular flexibility index (Phi) is 4.81. The Labute approximate surface area is 127 Å². The molecule has 1 atom stereocenters. The molecule has 1 heterocycles. The Morgan fingerprint density at radius 2 is 1.94 bits per heavy atom. The molecule has 0 bridgehead atoms. The summed E-state index contributed by atoms with van der Waals surface area (Å²) in [5, 5.41) is 3.40. The molecule has 1 unspecified atom stereocenters. The van der Waals surface area contributed by atoms with Gasteiger partial charge in [0.05, 0.1) is 0 Å². The van der Waals surface area contributed by atoms with Gasteiger partial charge in [0.2, 0.25) is 0 Å². The fourth-order valence-corrected chi connectivity index (χ4v) is 3.95. The van der Waals surface area contributed by atoms with Gasteiger partial charge in [-0.2, -0.15) is 0 Å². The van der Waals surface area contributed by atoms with E-state index in [1.807, 2.05) is 18.4 Å². The summed E-state index contributed by atoms with van der Waals surface area (Å²) in [5.74, 6) is 0.609. The predicted molar refractivity (Wildman–Crippen MR) is 89.1 cm³/mol. The summed E-state index contributed by atoms with van der Waals surface area (Å²) in [6, 6.07) is 13.6. The second kappa shape index (κ2) is 6.17. The monoisotopic (exact) mass is 371 g/mol. The van der Waals surface area contributed by atoms with Crippen LogP contribution in [0.15, 0.2) is 36.4 Å². The lowest BCUT2D eigenvalue weighted by atomic mass is 10.0. The Bertz CT molecular complexity index is 519. The van der Waals surface area contributed by atoms with Gasteiger partial charge in [-0.05, 0) is 65.4 Å². The molecule has 0 saturated carbocycles. The van der Waals surface area contributed by atoms with Gasteiger partial charge in [0.15, 0.2) is 0 Å². The van der Waals surface area contributed by atoms with Gasteiger partial charge in [-0.15, -0.1) is 11.3 Å². The van der Waals surface area contributed by atoms with Gasteiger partial charge in [-0.3, -0.25) is 0 Å². The van der Waals surface area contributed by atoms with Crippen LogP contribution in [0.3, 0.4) is 0 Å². The molecule has 1 N–H and O–H groups in total. The van der Waals surface area contributed by atoms with Gasteiger partial charge in [-0.1, -0.05) is 26.0 Å². The first-order valence-electron chi connectivity index (χ1n) is 6.14. The van der Waals surface area contributed by atoms with Crippen LogP contribution in [0.1, 0.15) is 24.8 Å². The minimum atomic E-state index is 0.450. The number of hydrogen-bond donors (Lipinski definition) is 1. The Morgan fingerprint density at radius 1 is 1.17 bits per heavy atom. The third-order valence-electron chi connectivity index (χ3n) is 3.02. The van der Waals surface area contributed by atoms with Crippen molar-refractivity contribution in [2.24, 2.45) is 5.92 Å². The molecule has 2 aromatic rings. The van der Waals surface area contributed by atoms with Gasteiger partial charge in [0, 0.05) is 19.4 Å². The molecule has 0 amide bonds. The van der Waals surface area contributed by atoms with Crippen LogP contribution in [0.2, 0.25) is 0 Å². The highest BCUT2D eigenvalue weighted by atomic mass is 127. The van der Waals surface area contributed by atoms with E-state index < -0.39 is 0 Å². The SMILES string of the molecule is CNC(c1ccc(-c2cccc(I)c2)s1)C(C)C. The van der Waals surface area contributed by atoms with Crippen molar-refractivity contribution < 1.29 is 0 Å². The number of thiophene rings is 1.